The van der Waals surface area contributed by atoms with Gasteiger partial charge < -0.3 is 10.5 Å². The van der Waals surface area contributed by atoms with E-state index in [0.717, 1.165) is 0 Å². The van der Waals surface area contributed by atoms with Crippen LogP contribution in [-0.4, -0.2) is 20.6 Å². The van der Waals surface area contributed by atoms with Crippen LogP contribution in [0, 0.1) is 5.41 Å². The number of amidine groups is 1. The van der Waals surface area contributed by atoms with Crippen LogP contribution in [0.2, 0.25) is 0 Å². The molecule has 0 aliphatic heterocycles. The highest BCUT2D eigenvalue weighted by Gasteiger charge is 2.10. The minimum Gasteiger partial charge on any atom is -0.435 e. The van der Waals surface area contributed by atoms with Gasteiger partial charge in [0.05, 0.1) is 18.0 Å². The Morgan fingerprint density at radius 3 is 2.89 bits per heavy atom. The molecule has 0 unspecified atom stereocenters. The number of nitrogens with one attached hydrogen (secondary N) is 1. The molecule has 0 spiro atoms. The third kappa shape index (κ3) is 2.48. The zero-order chi connectivity index (χ0) is 13.1. The van der Waals surface area contributed by atoms with Crippen LogP contribution in [0.3, 0.4) is 0 Å². The van der Waals surface area contributed by atoms with Crippen molar-refractivity contribution in [2.24, 2.45) is 5.73 Å². The average Bonchev–Trinajstić information content (AvgIpc) is 2.78. The molecule has 0 atom stereocenters. The van der Waals surface area contributed by atoms with Gasteiger partial charge in [-0.2, -0.15) is 5.10 Å². The summed E-state index contributed by atoms with van der Waals surface area (Å²) in [5.74, 6) is 0.813. The van der Waals surface area contributed by atoms with E-state index in [4.69, 9.17) is 15.9 Å². The lowest BCUT2D eigenvalue weighted by atomic mass is 10.2. The Labute approximate surface area is 105 Å². The molecule has 2 heterocycles. The Kier molecular flexibility index (Phi) is 3.27. The molecule has 6 heteroatoms. The van der Waals surface area contributed by atoms with Crippen LogP contribution in [0.25, 0.3) is 0 Å². The minimum absolute atomic E-state index is 0.0747. The predicted molar refractivity (Wildman–Crippen MR) is 67.9 cm³/mol. The number of pyridine rings is 1. The zero-order valence-corrected chi connectivity index (χ0v) is 10.3. The maximum absolute atomic E-state index is 7.45. The molecule has 94 valence electrons. The molecule has 2 rings (SSSR count). The number of nitrogen functional groups attached to an aromatic ring is 1. The van der Waals surface area contributed by atoms with E-state index in [-0.39, 0.29) is 11.9 Å². The Bertz CT molecular complexity index is 561. The van der Waals surface area contributed by atoms with Gasteiger partial charge in [0.1, 0.15) is 5.84 Å². The molecule has 0 aliphatic carbocycles. The quantitative estimate of drug-likeness (QED) is 0.636. The van der Waals surface area contributed by atoms with Crippen molar-refractivity contribution in [3.05, 3.63) is 36.3 Å². The van der Waals surface area contributed by atoms with E-state index in [1.54, 1.807) is 35.4 Å². The van der Waals surface area contributed by atoms with Gasteiger partial charge in [-0.05, 0) is 26.0 Å². The van der Waals surface area contributed by atoms with E-state index in [9.17, 15) is 0 Å². The van der Waals surface area contributed by atoms with Crippen LogP contribution in [-0.2, 0) is 0 Å². The van der Waals surface area contributed by atoms with Gasteiger partial charge in [0.15, 0.2) is 5.75 Å². The molecule has 0 saturated heterocycles. The summed E-state index contributed by atoms with van der Waals surface area (Å²) in [6.45, 7) is 4.05. The molecule has 2 aromatic heterocycles. The van der Waals surface area contributed by atoms with E-state index in [1.165, 1.54) is 0 Å². The number of nitrogens with zero attached hydrogens (tertiary/aromatic N) is 3. The van der Waals surface area contributed by atoms with E-state index in [1.807, 2.05) is 13.8 Å². The second-order valence-electron chi connectivity index (χ2n) is 4.12. The average molecular weight is 245 g/mol. The summed E-state index contributed by atoms with van der Waals surface area (Å²) in [6.07, 6.45) is 4.98. The van der Waals surface area contributed by atoms with E-state index >= 15 is 0 Å². The fraction of sp³-hybridized carbons (Fsp3) is 0.250. The molecule has 3 N–H and O–H groups in total. The van der Waals surface area contributed by atoms with Gasteiger partial charge in [0.2, 0.25) is 5.88 Å². The SMILES string of the molecule is CC(C)n1cc(Oc2ncccc2C(=N)N)cn1. The first-order chi connectivity index (χ1) is 8.58. The topological polar surface area (TPSA) is 89.8 Å². The Morgan fingerprint density at radius 2 is 2.28 bits per heavy atom. The maximum atomic E-state index is 7.45. The highest BCUT2D eigenvalue weighted by Crippen LogP contribution is 2.22. The van der Waals surface area contributed by atoms with Gasteiger partial charge in [0.25, 0.3) is 0 Å². The number of hydrogen-bond donors (Lipinski definition) is 2. The van der Waals surface area contributed by atoms with Gasteiger partial charge in [-0.25, -0.2) is 4.98 Å². The third-order valence-electron chi connectivity index (χ3n) is 2.38. The number of ether oxygens (including phenoxy) is 1. The van der Waals surface area contributed by atoms with Crippen LogP contribution >= 0.6 is 0 Å². The van der Waals surface area contributed by atoms with Crippen molar-refractivity contribution < 1.29 is 4.74 Å². The molecule has 0 fully saturated rings. The highest BCUT2D eigenvalue weighted by atomic mass is 16.5. The summed E-state index contributed by atoms with van der Waals surface area (Å²) in [6, 6.07) is 3.66. The van der Waals surface area contributed by atoms with Crippen molar-refractivity contribution in [2.75, 3.05) is 0 Å². The third-order valence-corrected chi connectivity index (χ3v) is 2.38. The Morgan fingerprint density at radius 1 is 1.50 bits per heavy atom. The minimum atomic E-state index is -0.0747. The van der Waals surface area contributed by atoms with Crippen molar-refractivity contribution in [3.63, 3.8) is 0 Å². The largest absolute Gasteiger partial charge is 0.435 e. The van der Waals surface area contributed by atoms with Crippen LogP contribution < -0.4 is 10.5 Å². The van der Waals surface area contributed by atoms with Crippen LogP contribution in [0.1, 0.15) is 25.5 Å². The number of nitrogens with two attached hydrogens (primary N) is 1. The summed E-state index contributed by atoms with van der Waals surface area (Å²) in [5, 5.41) is 11.6. The molecule has 18 heavy (non-hydrogen) atoms. The summed E-state index contributed by atoms with van der Waals surface area (Å²) in [7, 11) is 0. The van der Waals surface area contributed by atoms with Gasteiger partial charge >= 0.3 is 0 Å². The highest BCUT2D eigenvalue weighted by molar-refractivity contribution is 5.97. The molecular weight excluding hydrogens is 230 g/mol. The lowest BCUT2D eigenvalue weighted by molar-refractivity contribution is 0.458. The smallest absolute Gasteiger partial charge is 0.230 e. The Balaban J connectivity index is 2.25. The number of rotatable bonds is 4. The standard InChI is InChI=1S/C12H15N5O/c1-8(2)17-7-9(6-16-17)18-12-10(11(13)14)4-3-5-15-12/h3-8H,1-2H3,(H3,13,14). The molecule has 0 aromatic carbocycles. The maximum Gasteiger partial charge on any atom is 0.230 e. The van der Waals surface area contributed by atoms with E-state index < -0.39 is 0 Å². The lowest BCUT2D eigenvalue weighted by Crippen LogP contribution is -2.12. The Hall–Kier alpha value is -2.37. The van der Waals surface area contributed by atoms with Gasteiger partial charge in [-0.1, -0.05) is 0 Å². The van der Waals surface area contributed by atoms with Gasteiger partial charge in [-0.15, -0.1) is 0 Å². The molecule has 0 bridgehead atoms. The summed E-state index contributed by atoms with van der Waals surface area (Å²) in [4.78, 5) is 4.07. The van der Waals surface area contributed by atoms with Crippen molar-refractivity contribution in [3.8, 4) is 11.6 Å². The normalized spacial score (nSPS) is 10.6. The van der Waals surface area contributed by atoms with Crippen molar-refractivity contribution in [1.29, 1.82) is 5.41 Å². The van der Waals surface area contributed by atoms with Crippen LogP contribution in [0.15, 0.2) is 30.7 Å². The fourth-order valence-corrected chi connectivity index (χ4v) is 1.44. The second kappa shape index (κ2) is 4.87. The molecular formula is C12H15N5O. The van der Waals surface area contributed by atoms with Crippen LogP contribution in [0.5, 0.6) is 11.6 Å². The van der Waals surface area contributed by atoms with E-state index in [0.29, 0.717) is 17.2 Å². The number of aromatic nitrogens is 3. The first-order valence-corrected chi connectivity index (χ1v) is 5.59. The van der Waals surface area contributed by atoms with Crippen molar-refractivity contribution in [1.82, 2.24) is 14.8 Å². The molecule has 2 aromatic rings. The zero-order valence-electron chi connectivity index (χ0n) is 10.3. The fourth-order valence-electron chi connectivity index (χ4n) is 1.44. The molecule has 0 radical (unpaired) electrons. The second-order valence-corrected chi connectivity index (χ2v) is 4.12. The monoisotopic (exact) mass is 245 g/mol. The first-order valence-electron chi connectivity index (χ1n) is 5.59. The summed E-state index contributed by atoms with van der Waals surface area (Å²) < 4.78 is 7.37. The molecule has 0 aliphatic rings. The lowest BCUT2D eigenvalue weighted by Gasteiger charge is -2.06. The van der Waals surface area contributed by atoms with E-state index in [2.05, 4.69) is 10.1 Å². The summed E-state index contributed by atoms with van der Waals surface area (Å²) >= 11 is 0. The van der Waals surface area contributed by atoms with Crippen LogP contribution in [0.4, 0.5) is 0 Å². The predicted octanol–water partition coefficient (Wildman–Crippen LogP) is 1.94. The molecule has 0 amide bonds. The van der Waals surface area contributed by atoms with Crippen molar-refractivity contribution >= 4 is 5.84 Å². The summed E-state index contributed by atoms with van der Waals surface area (Å²) in [5.41, 5.74) is 5.93. The molecule has 6 nitrogen and oxygen atoms in total. The van der Waals surface area contributed by atoms with Gasteiger partial charge in [-0.3, -0.25) is 10.1 Å². The van der Waals surface area contributed by atoms with Gasteiger partial charge in [0, 0.05) is 12.2 Å². The van der Waals surface area contributed by atoms with Crippen molar-refractivity contribution in [2.45, 2.75) is 19.9 Å². The number of hydrogen-bond acceptors (Lipinski definition) is 4. The molecule has 0 saturated carbocycles. The first kappa shape index (κ1) is 12.1.